The van der Waals surface area contributed by atoms with Crippen LogP contribution in [0.3, 0.4) is 0 Å². The van der Waals surface area contributed by atoms with Gasteiger partial charge in [0.1, 0.15) is 0 Å². The molecule has 0 aromatic rings. The molecule has 82 valence electrons. The molecule has 1 rings (SSSR count). The first-order chi connectivity index (χ1) is 6.79. The number of hydrogen-bond acceptors (Lipinski definition) is 2. The highest BCUT2D eigenvalue weighted by molar-refractivity contribution is 5.76. The Morgan fingerprint density at radius 1 is 1.50 bits per heavy atom. The summed E-state index contributed by atoms with van der Waals surface area (Å²) in [6.07, 6.45) is 5.70. The summed E-state index contributed by atoms with van der Waals surface area (Å²) in [5.41, 5.74) is 0. The summed E-state index contributed by atoms with van der Waals surface area (Å²) < 4.78 is 0. The van der Waals surface area contributed by atoms with Gasteiger partial charge in [0, 0.05) is 25.6 Å². The summed E-state index contributed by atoms with van der Waals surface area (Å²) in [5, 5.41) is 8.91. The van der Waals surface area contributed by atoms with E-state index in [1.54, 1.807) is 0 Å². The summed E-state index contributed by atoms with van der Waals surface area (Å²) in [5.74, 6) is 0.269. The van der Waals surface area contributed by atoms with Crippen LogP contribution in [-0.2, 0) is 4.79 Å². The van der Waals surface area contributed by atoms with Crippen LogP contribution < -0.4 is 0 Å². The van der Waals surface area contributed by atoms with Crippen LogP contribution in [0.25, 0.3) is 0 Å². The Morgan fingerprint density at radius 2 is 2.29 bits per heavy atom. The van der Waals surface area contributed by atoms with Crippen LogP contribution in [0.5, 0.6) is 0 Å². The van der Waals surface area contributed by atoms with Crippen LogP contribution >= 0.6 is 0 Å². The summed E-state index contributed by atoms with van der Waals surface area (Å²) in [6.45, 7) is 3.12. The van der Waals surface area contributed by atoms with E-state index in [1.807, 2.05) is 11.8 Å². The van der Waals surface area contributed by atoms with E-state index >= 15 is 0 Å². The first-order valence-electron chi connectivity index (χ1n) is 5.70. The van der Waals surface area contributed by atoms with Gasteiger partial charge in [0.25, 0.3) is 0 Å². The van der Waals surface area contributed by atoms with Crippen molar-refractivity contribution in [2.24, 2.45) is 0 Å². The van der Waals surface area contributed by atoms with Gasteiger partial charge >= 0.3 is 0 Å². The molecule has 1 aliphatic rings. The lowest BCUT2D eigenvalue weighted by Crippen LogP contribution is -2.44. The number of aliphatic hydroxyl groups is 1. The van der Waals surface area contributed by atoms with E-state index in [0.717, 1.165) is 32.2 Å². The van der Waals surface area contributed by atoms with Crippen molar-refractivity contribution in [3.05, 3.63) is 0 Å². The first-order valence-corrected chi connectivity index (χ1v) is 5.70. The molecule has 1 aliphatic heterocycles. The van der Waals surface area contributed by atoms with E-state index < -0.39 is 0 Å². The molecule has 0 bridgehead atoms. The van der Waals surface area contributed by atoms with Gasteiger partial charge in [-0.15, -0.1) is 0 Å². The second kappa shape index (κ2) is 6.02. The van der Waals surface area contributed by atoms with Crippen LogP contribution in [0.2, 0.25) is 0 Å². The molecular weight excluding hydrogens is 178 g/mol. The van der Waals surface area contributed by atoms with Crippen LogP contribution in [0, 0.1) is 0 Å². The molecule has 14 heavy (non-hydrogen) atoms. The van der Waals surface area contributed by atoms with Gasteiger partial charge < -0.3 is 10.0 Å². The van der Waals surface area contributed by atoms with Crippen LogP contribution in [0.4, 0.5) is 0 Å². The van der Waals surface area contributed by atoms with Gasteiger partial charge in [-0.1, -0.05) is 6.92 Å². The maximum Gasteiger partial charge on any atom is 0.222 e. The van der Waals surface area contributed by atoms with Gasteiger partial charge in [-0.25, -0.2) is 0 Å². The van der Waals surface area contributed by atoms with Gasteiger partial charge in [-0.2, -0.15) is 0 Å². The number of piperidine rings is 1. The summed E-state index contributed by atoms with van der Waals surface area (Å²) in [6, 6.07) is 0.299. The fourth-order valence-electron chi connectivity index (χ4n) is 2.14. The fraction of sp³-hybridized carbons (Fsp3) is 0.909. The molecule has 1 N–H and O–H groups in total. The van der Waals surface area contributed by atoms with Gasteiger partial charge in [-0.3, -0.25) is 4.79 Å². The van der Waals surface area contributed by atoms with E-state index in [1.165, 1.54) is 6.42 Å². The number of likely N-dealkylation sites (tertiary alicyclic amines) is 1. The quantitative estimate of drug-likeness (QED) is 0.746. The molecule has 0 saturated carbocycles. The molecule has 0 aromatic carbocycles. The standard InChI is InChI=1S/C11H21NO2/c1-2-5-11(14)12-8-4-3-6-10(12)7-9-13/h10,13H,2-9H2,1H3. The number of carbonyl (C=O) groups excluding carboxylic acids is 1. The van der Waals surface area contributed by atoms with Crippen molar-refractivity contribution < 1.29 is 9.90 Å². The van der Waals surface area contributed by atoms with Crippen molar-refractivity contribution in [3.63, 3.8) is 0 Å². The Balaban J connectivity index is 2.48. The lowest BCUT2D eigenvalue weighted by Gasteiger charge is -2.35. The third-order valence-electron chi connectivity index (χ3n) is 2.87. The van der Waals surface area contributed by atoms with Crippen molar-refractivity contribution in [2.45, 2.75) is 51.5 Å². The molecule has 1 saturated heterocycles. The van der Waals surface area contributed by atoms with E-state index in [4.69, 9.17) is 5.11 Å². The second-order valence-corrected chi connectivity index (χ2v) is 4.00. The Kier molecular flexibility index (Phi) is 4.94. The van der Waals surface area contributed by atoms with Crippen molar-refractivity contribution in [1.29, 1.82) is 0 Å². The molecule has 1 heterocycles. The van der Waals surface area contributed by atoms with Crippen molar-refractivity contribution in [1.82, 2.24) is 4.90 Å². The molecule has 1 amide bonds. The van der Waals surface area contributed by atoms with Crippen molar-refractivity contribution >= 4 is 5.91 Å². The summed E-state index contributed by atoms with van der Waals surface area (Å²) in [7, 11) is 0. The average Bonchev–Trinajstić information content (AvgIpc) is 2.19. The number of rotatable bonds is 4. The smallest absolute Gasteiger partial charge is 0.222 e. The number of nitrogens with zero attached hydrogens (tertiary/aromatic N) is 1. The van der Waals surface area contributed by atoms with E-state index in [9.17, 15) is 4.79 Å². The zero-order valence-corrected chi connectivity index (χ0v) is 9.04. The van der Waals surface area contributed by atoms with Gasteiger partial charge in [0.2, 0.25) is 5.91 Å². The topological polar surface area (TPSA) is 40.5 Å². The number of carbonyl (C=O) groups is 1. The lowest BCUT2D eigenvalue weighted by molar-refractivity contribution is -0.135. The predicted molar refractivity (Wildman–Crippen MR) is 56.0 cm³/mol. The normalized spacial score (nSPS) is 22.4. The number of amides is 1. The molecule has 0 aromatic heterocycles. The minimum atomic E-state index is 0.195. The summed E-state index contributed by atoms with van der Waals surface area (Å²) in [4.78, 5) is 13.7. The van der Waals surface area contributed by atoms with Crippen molar-refractivity contribution in [2.75, 3.05) is 13.2 Å². The SMILES string of the molecule is CCCC(=O)N1CCCCC1CCO. The average molecular weight is 199 g/mol. The fourth-order valence-corrected chi connectivity index (χ4v) is 2.14. The van der Waals surface area contributed by atoms with Gasteiger partial charge in [-0.05, 0) is 32.1 Å². The number of hydrogen-bond donors (Lipinski definition) is 1. The minimum absolute atomic E-state index is 0.195. The number of aliphatic hydroxyl groups excluding tert-OH is 1. The second-order valence-electron chi connectivity index (χ2n) is 4.00. The van der Waals surface area contributed by atoms with Crippen molar-refractivity contribution in [3.8, 4) is 0 Å². The molecule has 1 atom stereocenters. The molecule has 0 spiro atoms. The molecule has 0 radical (unpaired) electrons. The summed E-state index contributed by atoms with van der Waals surface area (Å²) >= 11 is 0. The molecule has 3 heteroatoms. The van der Waals surface area contributed by atoms with E-state index in [0.29, 0.717) is 12.5 Å². The van der Waals surface area contributed by atoms with Crippen LogP contribution in [0.15, 0.2) is 0 Å². The highest BCUT2D eigenvalue weighted by atomic mass is 16.3. The first kappa shape index (κ1) is 11.5. The van der Waals surface area contributed by atoms with Gasteiger partial charge in [0.15, 0.2) is 0 Å². The van der Waals surface area contributed by atoms with E-state index in [-0.39, 0.29) is 12.5 Å². The maximum absolute atomic E-state index is 11.7. The zero-order valence-electron chi connectivity index (χ0n) is 9.04. The Bertz CT molecular complexity index is 180. The zero-order chi connectivity index (χ0) is 10.4. The largest absolute Gasteiger partial charge is 0.396 e. The third kappa shape index (κ3) is 2.98. The minimum Gasteiger partial charge on any atom is -0.396 e. The molecule has 3 nitrogen and oxygen atoms in total. The van der Waals surface area contributed by atoms with Crippen LogP contribution in [-0.4, -0.2) is 35.1 Å². The molecule has 1 unspecified atom stereocenters. The molecular formula is C11H21NO2. The molecule has 0 aliphatic carbocycles. The maximum atomic E-state index is 11.7. The van der Waals surface area contributed by atoms with Crippen LogP contribution in [0.1, 0.15) is 45.4 Å². The predicted octanol–water partition coefficient (Wildman–Crippen LogP) is 1.55. The Morgan fingerprint density at radius 3 is 2.93 bits per heavy atom. The lowest BCUT2D eigenvalue weighted by atomic mass is 9.99. The molecule has 1 fully saturated rings. The Labute approximate surface area is 86.1 Å². The highest BCUT2D eigenvalue weighted by Crippen LogP contribution is 2.20. The Hall–Kier alpha value is -0.570. The van der Waals surface area contributed by atoms with E-state index in [2.05, 4.69) is 0 Å². The third-order valence-corrected chi connectivity index (χ3v) is 2.87. The highest BCUT2D eigenvalue weighted by Gasteiger charge is 2.25. The van der Waals surface area contributed by atoms with Gasteiger partial charge in [0.05, 0.1) is 0 Å². The monoisotopic (exact) mass is 199 g/mol.